The van der Waals surface area contributed by atoms with E-state index in [1.165, 1.54) is 24.4 Å². The third-order valence-corrected chi connectivity index (χ3v) is 3.07. The molecule has 0 saturated heterocycles. The number of fused-ring (bicyclic) bond motifs is 1. The second-order valence-electron chi connectivity index (χ2n) is 4.79. The largest absolute Gasteiger partial charge is 0.445 e. The number of anilines is 1. The third kappa shape index (κ3) is 4.15. The van der Waals surface area contributed by atoms with E-state index in [0.29, 0.717) is 11.8 Å². The van der Waals surface area contributed by atoms with Gasteiger partial charge in [-0.3, -0.25) is 10.1 Å². The van der Waals surface area contributed by atoms with Crippen molar-refractivity contribution in [1.82, 2.24) is 4.98 Å². The van der Waals surface area contributed by atoms with Gasteiger partial charge in [0.2, 0.25) is 5.91 Å². The van der Waals surface area contributed by atoms with E-state index in [1.807, 2.05) is 0 Å². The van der Waals surface area contributed by atoms with Crippen LogP contribution in [0, 0.1) is 5.82 Å². The number of ether oxygens (including phenoxy) is 1. The summed E-state index contributed by atoms with van der Waals surface area (Å²) < 4.78 is 18.3. The smallest absolute Gasteiger partial charge is 0.413 e. The number of carbonyl (C=O) groups is 2. The number of aromatic nitrogens is 1. The number of nitrogens with zero attached hydrogens (tertiary/aromatic N) is 1. The Morgan fingerprint density at radius 1 is 1.36 bits per heavy atom. The maximum absolute atomic E-state index is 13.2. The summed E-state index contributed by atoms with van der Waals surface area (Å²) in [5.74, 6) is -0.685. The van der Waals surface area contributed by atoms with Gasteiger partial charge in [0.15, 0.2) is 0 Å². The number of pyridine rings is 1. The van der Waals surface area contributed by atoms with Crippen LogP contribution in [0.25, 0.3) is 10.8 Å². The highest BCUT2D eigenvalue weighted by molar-refractivity contribution is 5.89. The number of halogens is 1. The van der Waals surface area contributed by atoms with Crippen molar-refractivity contribution in [3.8, 4) is 0 Å². The lowest BCUT2D eigenvalue weighted by Gasteiger charge is -2.14. The maximum atomic E-state index is 13.2. The summed E-state index contributed by atoms with van der Waals surface area (Å²) in [6.07, 6.45) is 0.615. The van der Waals surface area contributed by atoms with Crippen molar-refractivity contribution in [3.63, 3.8) is 0 Å². The number of rotatable bonds is 5. The molecule has 0 aliphatic heterocycles. The van der Waals surface area contributed by atoms with Gasteiger partial charge < -0.3 is 10.5 Å². The fourth-order valence-electron chi connectivity index (χ4n) is 1.96. The van der Waals surface area contributed by atoms with Crippen LogP contribution in [0.5, 0.6) is 0 Å². The van der Waals surface area contributed by atoms with Gasteiger partial charge in [0.05, 0.1) is 6.42 Å². The van der Waals surface area contributed by atoms with Crippen LogP contribution in [0.4, 0.5) is 15.0 Å². The van der Waals surface area contributed by atoms with Crippen LogP contribution in [0.15, 0.2) is 30.5 Å². The molecule has 0 radical (unpaired) electrons. The minimum absolute atomic E-state index is 0.0414. The molecular weight excluding hydrogens is 289 g/mol. The maximum Gasteiger partial charge on any atom is 0.413 e. The van der Waals surface area contributed by atoms with E-state index < -0.39 is 18.1 Å². The Morgan fingerprint density at radius 3 is 2.82 bits per heavy atom. The van der Waals surface area contributed by atoms with Gasteiger partial charge in [-0.15, -0.1) is 0 Å². The molecule has 22 heavy (non-hydrogen) atoms. The van der Waals surface area contributed by atoms with E-state index in [0.717, 1.165) is 5.39 Å². The molecule has 7 heteroatoms. The topological polar surface area (TPSA) is 94.3 Å². The molecule has 1 aromatic carbocycles. The van der Waals surface area contributed by atoms with Gasteiger partial charge in [-0.25, -0.2) is 14.2 Å². The van der Waals surface area contributed by atoms with Crippen molar-refractivity contribution in [2.24, 2.45) is 5.73 Å². The van der Waals surface area contributed by atoms with Gasteiger partial charge >= 0.3 is 6.09 Å². The molecule has 2 amide bonds. The van der Waals surface area contributed by atoms with E-state index in [-0.39, 0.29) is 18.1 Å². The monoisotopic (exact) mass is 305 g/mol. The number of carbonyl (C=O) groups excluding carboxylic acids is 2. The molecule has 2 aromatic rings. The Kier molecular flexibility index (Phi) is 4.88. The second-order valence-corrected chi connectivity index (χ2v) is 4.79. The number of hydrogen-bond donors (Lipinski definition) is 2. The normalized spacial score (nSPS) is 11.9. The van der Waals surface area contributed by atoms with Gasteiger partial charge in [0, 0.05) is 11.6 Å². The molecule has 0 fully saturated rings. The first-order valence-corrected chi connectivity index (χ1v) is 6.79. The fourth-order valence-corrected chi connectivity index (χ4v) is 1.96. The van der Waals surface area contributed by atoms with Crippen LogP contribution >= 0.6 is 0 Å². The minimum Gasteiger partial charge on any atom is -0.445 e. The van der Waals surface area contributed by atoms with Gasteiger partial charge in [-0.2, -0.15) is 0 Å². The Morgan fingerprint density at radius 2 is 2.14 bits per heavy atom. The van der Waals surface area contributed by atoms with Crippen LogP contribution < -0.4 is 11.1 Å². The molecule has 6 nitrogen and oxygen atoms in total. The summed E-state index contributed by atoms with van der Waals surface area (Å²) in [5.41, 5.74) is 5.08. The molecule has 0 aliphatic carbocycles. The minimum atomic E-state index is -0.739. The average Bonchev–Trinajstić information content (AvgIpc) is 2.45. The lowest BCUT2D eigenvalue weighted by atomic mass is 10.2. The van der Waals surface area contributed by atoms with Crippen LogP contribution in [-0.4, -0.2) is 23.1 Å². The summed E-state index contributed by atoms with van der Waals surface area (Å²) in [6.45, 7) is 1.78. The number of nitrogens with one attached hydrogen (secondary N) is 1. The average molecular weight is 305 g/mol. The zero-order valence-corrected chi connectivity index (χ0v) is 12.0. The first kappa shape index (κ1) is 15.7. The number of nitrogens with two attached hydrogens (primary N) is 1. The first-order valence-electron chi connectivity index (χ1n) is 6.79. The molecule has 1 heterocycles. The van der Waals surface area contributed by atoms with E-state index in [4.69, 9.17) is 10.5 Å². The Hall–Kier alpha value is -2.70. The molecule has 2 rings (SSSR count). The zero-order valence-electron chi connectivity index (χ0n) is 12.0. The zero-order chi connectivity index (χ0) is 16.1. The summed E-state index contributed by atoms with van der Waals surface area (Å²) in [5, 5.41) is 3.80. The van der Waals surface area contributed by atoms with E-state index in [1.54, 1.807) is 13.0 Å². The number of hydrogen-bond acceptors (Lipinski definition) is 4. The van der Waals surface area contributed by atoms with E-state index in [9.17, 15) is 14.0 Å². The second kappa shape index (κ2) is 6.84. The molecule has 0 bridgehead atoms. The van der Waals surface area contributed by atoms with Crippen molar-refractivity contribution < 1.29 is 18.7 Å². The van der Waals surface area contributed by atoms with Crippen molar-refractivity contribution in [3.05, 3.63) is 36.3 Å². The summed E-state index contributed by atoms with van der Waals surface area (Å²) >= 11 is 0. The van der Waals surface area contributed by atoms with Gasteiger partial charge in [-0.1, -0.05) is 6.92 Å². The standard InChI is InChI=1S/C15H16FN3O3/c1-2-12(7-13(17)20)22-15(21)19-14-6-10-5-11(16)4-3-9(10)8-18-14/h3-6,8,12H,2,7H2,1H3,(H2,17,20)(H,18,19,21). The van der Waals surface area contributed by atoms with E-state index >= 15 is 0 Å². The van der Waals surface area contributed by atoms with Crippen molar-refractivity contribution >= 4 is 28.6 Å². The Bertz CT molecular complexity index is 705. The third-order valence-electron chi connectivity index (χ3n) is 3.07. The predicted octanol–water partition coefficient (Wildman–Crippen LogP) is 2.58. The molecule has 0 aliphatic rings. The number of amides is 2. The lowest BCUT2D eigenvalue weighted by molar-refractivity contribution is -0.119. The quantitative estimate of drug-likeness (QED) is 0.887. The van der Waals surface area contributed by atoms with Crippen LogP contribution in [0.1, 0.15) is 19.8 Å². The van der Waals surface area contributed by atoms with Crippen molar-refractivity contribution in [2.75, 3.05) is 5.32 Å². The highest BCUT2D eigenvalue weighted by Gasteiger charge is 2.15. The SMILES string of the molecule is CCC(CC(N)=O)OC(=O)Nc1cc2cc(F)ccc2cn1. The Labute approximate surface area is 126 Å². The summed E-state index contributed by atoms with van der Waals surface area (Å²) in [7, 11) is 0. The molecule has 0 spiro atoms. The molecule has 1 atom stereocenters. The summed E-state index contributed by atoms with van der Waals surface area (Å²) in [4.78, 5) is 26.7. The van der Waals surface area contributed by atoms with Crippen molar-refractivity contribution in [1.29, 1.82) is 0 Å². The molecule has 116 valence electrons. The molecule has 3 N–H and O–H groups in total. The highest BCUT2D eigenvalue weighted by Crippen LogP contribution is 2.18. The highest BCUT2D eigenvalue weighted by atomic mass is 19.1. The Balaban J connectivity index is 2.06. The van der Waals surface area contributed by atoms with Crippen LogP contribution in [0.2, 0.25) is 0 Å². The molecular formula is C15H16FN3O3. The fraction of sp³-hybridized carbons (Fsp3) is 0.267. The first-order chi connectivity index (χ1) is 10.5. The lowest BCUT2D eigenvalue weighted by Crippen LogP contribution is -2.27. The van der Waals surface area contributed by atoms with Crippen LogP contribution in [-0.2, 0) is 9.53 Å². The predicted molar refractivity (Wildman–Crippen MR) is 79.7 cm³/mol. The van der Waals surface area contributed by atoms with Gasteiger partial charge in [-0.05, 0) is 36.1 Å². The molecule has 1 unspecified atom stereocenters. The number of primary amides is 1. The van der Waals surface area contributed by atoms with Gasteiger partial charge in [0.25, 0.3) is 0 Å². The number of benzene rings is 1. The van der Waals surface area contributed by atoms with Gasteiger partial charge in [0.1, 0.15) is 17.7 Å². The van der Waals surface area contributed by atoms with E-state index in [2.05, 4.69) is 10.3 Å². The summed E-state index contributed by atoms with van der Waals surface area (Å²) in [6, 6.07) is 5.81. The van der Waals surface area contributed by atoms with Crippen molar-refractivity contribution in [2.45, 2.75) is 25.9 Å². The molecule has 1 aromatic heterocycles. The van der Waals surface area contributed by atoms with Crippen LogP contribution in [0.3, 0.4) is 0 Å². The molecule has 0 saturated carbocycles.